The largest absolute Gasteiger partial charge is 0.460 e. The second-order valence-corrected chi connectivity index (χ2v) is 7.85. The quantitative estimate of drug-likeness (QED) is 0.678. The van der Waals surface area contributed by atoms with Gasteiger partial charge in [-0.15, -0.1) is 0 Å². The Kier molecular flexibility index (Phi) is 3.64. The van der Waals surface area contributed by atoms with Crippen molar-refractivity contribution < 1.29 is 9.53 Å². The molecule has 1 aliphatic carbocycles. The first-order valence-corrected chi connectivity index (χ1v) is 8.31. The number of Topliss-reactive ketones (excluding diaryl/α,β-unsaturated/α-hetero) is 1. The highest BCUT2D eigenvalue weighted by Crippen LogP contribution is 2.55. The molecule has 0 fully saturated rings. The molecule has 0 spiro atoms. The van der Waals surface area contributed by atoms with Crippen LogP contribution in [0.1, 0.15) is 37.6 Å². The number of para-hydroxylation sites is 1. The molecule has 2 bridgehead atoms. The Morgan fingerprint density at radius 2 is 1.91 bits per heavy atom. The van der Waals surface area contributed by atoms with Crippen molar-refractivity contribution in [1.82, 2.24) is 0 Å². The van der Waals surface area contributed by atoms with E-state index in [1.165, 1.54) is 0 Å². The minimum Gasteiger partial charge on any atom is -0.460 e. The third kappa shape index (κ3) is 2.03. The molecule has 0 aromatic heterocycles. The van der Waals surface area contributed by atoms with Gasteiger partial charge in [0, 0.05) is 9.90 Å². The van der Waals surface area contributed by atoms with E-state index >= 15 is 0 Å². The molecular weight excluding hydrogens is 340 g/mol. The first kappa shape index (κ1) is 15.3. The topological polar surface area (TPSA) is 26.3 Å². The Bertz CT molecular complexity index is 725. The standard InChI is InChI=1S/C19H19BrO2/c1-4-18(2,20)19(3)14-10-6-8-12-16(19)22-15-11-7-5-9-13(15)17(14)21/h5-12H,4H2,1-3H3. The molecule has 3 heteroatoms. The maximum atomic E-state index is 13.1. The fourth-order valence-corrected chi connectivity index (χ4v) is 3.51. The van der Waals surface area contributed by atoms with Crippen LogP contribution in [0.25, 0.3) is 0 Å². The van der Waals surface area contributed by atoms with Gasteiger partial charge in [0.2, 0.25) is 0 Å². The lowest BCUT2D eigenvalue weighted by Crippen LogP contribution is -2.43. The van der Waals surface area contributed by atoms with Crippen LogP contribution < -0.4 is 4.74 Å². The second kappa shape index (κ2) is 5.24. The van der Waals surface area contributed by atoms with E-state index in [9.17, 15) is 4.79 Å². The summed E-state index contributed by atoms with van der Waals surface area (Å²) in [5, 5.41) is 0. The lowest BCUT2D eigenvalue weighted by atomic mass is 9.68. The summed E-state index contributed by atoms with van der Waals surface area (Å²) in [5.41, 5.74) is 0.846. The molecular formula is C19H19BrO2. The molecule has 0 radical (unpaired) electrons. The number of carbonyl (C=O) groups excluding carboxylic acids is 1. The molecule has 2 unspecified atom stereocenters. The molecule has 1 aliphatic heterocycles. The van der Waals surface area contributed by atoms with Crippen molar-refractivity contribution in [2.45, 2.75) is 31.5 Å². The predicted molar refractivity (Wildman–Crippen MR) is 92.4 cm³/mol. The molecule has 2 nitrogen and oxygen atoms in total. The number of hydrogen-bond acceptors (Lipinski definition) is 2. The Morgan fingerprint density at radius 1 is 1.23 bits per heavy atom. The lowest BCUT2D eigenvalue weighted by Gasteiger charge is -2.43. The highest BCUT2D eigenvalue weighted by atomic mass is 79.9. The molecule has 0 amide bonds. The van der Waals surface area contributed by atoms with Crippen molar-refractivity contribution in [2.75, 3.05) is 0 Å². The fourth-order valence-electron chi connectivity index (χ4n) is 3.10. The van der Waals surface area contributed by atoms with E-state index in [0.29, 0.717) is 11.3 Å². The van der Waals surface area contributed by atoms with E-state index in [2.05, 4.69) is 36.7 Å². The van der Waals surface area contributed by atoms with E-state index in [0.717, 1.165) is 17.8 Å². The molecule has 114 valence electrons. The van der Waals surface area contributed by atoms with E-state index in [-0.39, 0.29) is 10.1 Å². The van der Waals surface area contributed by atoms with Crippen molar-refractivity contribution in [2.24, 2.45) is 5.41 Å². The van der Waals surface area contributed by atoms with Crippen LogP contribution in [0.3, 0.4) is 0 Å². The van der Waals surface area contributed by atoms with Crippen molar-refractivity contribution in [3.63, 3.8) is 0 Å². The zero-order valence-electron chi connectivity index (χ0n) is 13.0. The Hall–Kier alpha value is -1.61. The van der Waals surface area contributed by atoms with Crippen LogP contribution in [0.4, 0.5) is 0 Å². The highest BCUT2D eigenvalue weighted by Gasteiger charge is 2.52. The number of halogens is 1. The van der Waals surface area contributed by atoms with Crippen LogP contribution in [-0.4, -0.2) is 10.1 Å². The van der Waals surface area contributed by atoms with Gasteiger partial charge in [-0.3, -0.25) is 4.79 Å². The number of benzene rings is 1. The number of rotatable bonds is 2. The number of hydrogen-bond donors (Lipinski definition) is 0. The summed E-state index contributed by atoms with van der Waals surface area (Å²) in [5.74, 6) is 1.46. The number of allylic oxidation sites excluding steroid dienone is 5. The molecule has 0 N–H and O–H groups in total. The van der Waals surface area contributed by atoms with Gasteiger partial charge in [-0.05, 0) is 38.5 Å². The number of carbonyl (C=O) groups is 1. The molecule has 0 saturated carbocycles. The van der Waals surface area contributed by atoms with Gasteiger partial charge in [-0.1, -0.05) is 53.2 Å². The van der Waals surface area contributed by atoms with E-state index in [1.54, 1.807) is 0 Å². The van der Waals surface area contributed by atoms with Gasteiger partial charge < -0.3 is 4.74 Å². The molecule has 1 aromatic carbocycles. The van der Waals surface area contributed by atoms with Crippen LogP contribution >= 0.6 is 15.9 Å². The van der Waals surface area contributed by atoms with Crippen LogP contribution in [-0.2, 0) is 0 Å². The molecule has 1 heterocycles. The summed E-state index contributed by atoms with van der Waals surface area (Å²) in [4.78, 5) is 13.1. The van der Waals surface area contributed by atoms with Crippen LogP contribution in [0.2, 0.25) is 0 Å². The number of ether oxygens (including phenoxy) is 1. The second-order valence-electron chi connectivity index (χ2n) is 6.10. The summed E-state index contributed by atoms with van der Waals surface area (Å²) < 4.78 is 5.91. The summed E-state index contributed by atoms with van der Waals surface area (Å²) in [7, 11) is 0. The third-order valence-electron chi connectivity index (χ3n) is 4.96. The zero-order chi connectivity index (χ0) is 16.0. The molecule has 0 saturated heterocycles. The van der Waals surface area contributed by atoms with Crippen LogP contribution in [0, 0.1) is 5.41 Å². The molecule has 1 aromatic rings. The summed E-state index contributed by atoms with van der Waals surface area (Å²) in [6, 6.07) is 7.45. The average Bonchev–Trinajstić information content (AvgIpc) is 2.73. The summed E-state index contributed by atoms with van der Waals surface area (Å²) >= 11 is 3.85. The van der Waals surface area contributed by atoms with E-state index in [4.69, 9.17) is 4.74 Å². The van der Waals surface area contributed by atoms with Gasteiger partial charge >= 0.3 is 0 Å². The Morgan fingerprint density at radius 3 is 2.64 bits per heavy atom. The van der Waals surface area contributed by atoms with Gasteiger partial charge in [-0.2, -0.15) is 0 Å². The van der Waals surface area contributed by atoms with E-state index in [1.807, 2.05) is 48.6 Å². The first-order valence-electron chi connectivity index (χ1n) is 7.52. The molecule has 2 atom stereocenters. The average molecular weight is 359 g/mol. The Labute approximate surface area is 139 Å². The first-order chi connectivity index (χ1) is 10.4. The minimum atomic E-state index is -0.540. The van der Waals surface area contributed by atoms with Crippen molar-refractivity contribution in [1.29, 1.82) is 0 Å². The normalized spacial score (nSPS) is 25.9. The van der Waals surface area contributed by atoms with Crippen molar-refractivity contribution in [3.8, 4) is 5.75 Å². The monoisotopic (exact) mass is 358 g/mol. The predicted octanol–water partition coefficient (Wildman–Crippen LogP) is 5.21. The van der Waals surface area contributed by atoms with Crippen LogP contribution in [0.5, 0.6) is 5.75 Å². The van der Waals surface area contributed by atoms with Gasteiger partial charge in [-0.25, -0.2) is 0 Å². The molecule has 2 aliphatic rings. The molecule has 3 rings (SSSR count). The highest BCUT2D eigenvalue weighted by molar-refractivity contribution is 9.10. The maximum Gasteiger partial charge on any atom is 0.193 e. The van der Waals surface area contributed by atoms with Gasteiger partial charge in [0.1, 0.15) is 11.5 Å². The summed E-state index contributed by atoms with van der Waals surface area (Å²) in [6.07, 6.45) is 8.60. The third-order valence-corrected chi connectivity index (χ3v) is 6.31. The SMILES string of the molecule is CCC(C)(Br)C1(C)C2=CC=CC=C1C(=O)c1ccccc1O2. The lowest BCUT2D eigenvalue weighted by molar-refractivity contribution is 0.100. The number of alkyl halides is 1. The van der Waals surface area contributed by atoms with Crippen molar-refractivity contribution in [3.05, 3.63) is 65.5 Å². The van der Waals surface area contributed by atoms with E-state index < -0.39 is 5.41 Å². The van der Waals surface area contributed by atoms with Gasteiger partial charge in [0.05, 0.1) is 11.0 Å². The van der Waals surface area contributed by atoms with Gasteiger partial charge in [0.25, 0.3) is 0 Å². The number of fused-ring (bicyclic) bond motifs is 3. The fraction of sp³-hybridized carbons (Fsp3) is 0.316. The minimum absolute atomic E-state index is 0.0344. The maximum absolute atomic E-state index is 13.1. The number of ketones is 1. The zero-order valence-corrected chi connectivity index (χ0v) is 14.6. The van der Waals surface area contributed by atoms with Gasteiger partial charge in [0.15, 0.2) is 5.78 Å². The smallest absolute Gasteiger partial charge is 0.193 e. The van der Waals surface area contributed by atoms with Crippen LogP contribution in [0.15, 0.2) is 59.9 Å². The molecule has 22 heavy (non-hydrogen) atoms. The Balaban J connectivity index is 2.31. The summed E-state index contributed by atoms with van der Waals surface area (Å²) in [6.45, 7) is 6.31. The van der Waals surface area contributed by atoms with Crippen molar-refractivity contribution >= 4 is 21.7 Å².